The molecule has 0 aliphatic heterocycles. The minimum absolute atomic E-state index is 0.667. The quantitative estimate of drug-likeness (QED) is 0.597. The molecule has 0 aromatic heterocycles. The van der Waals surface area contributed by atoms with Crippen molar-refractivity contribution in [1.29, 1.82) is 0 Å². The second-order valence-corrected chi connectivity index (χ2v) is 4.28. The highest BCUT2D eigenvalue weighted by molar-refractivity contribution is 5.45. The fourth-order valence-corrected chi connectivity index (χ4v) is 1.78. The Kier molecular flexibility index (Phi) is 8.26. The maximum atomic E-state index is 5.54. The lowest BCUT2D eigenvalue weighted by Gasteiger charge is -2.24. The predicted molar refractivity (Wildman–Crippen MR) is 76.3 cm³/mol. The maximum absolute atomic E-state index is 5.54. The third kappa shape index (κ3) is 6.03. The maximum Gasteiger partial charge on any atom is 0.0701 e. The van der Waals surface area contributed by atoms with Crippen molar-refractivity contribution in [2.45, 2.75) is 19.8 Å². The fraction of sp³-hybridized carbons (Fsp3) is 0.600. The van der Waals surface area contributed by atoms with Crippen LogP contribution in [0.1, 0.15) is 19.8 Å². The summed E-state index contributed by atoms with van der Waals surface area (Å²) in [6.07, 6.45) is 2.43. The molecule has 102 valence electrons. The molecule has 0 N–H and O–H groups in total. The molecule has 0 aliphatic rings. The van der Waals surface area contributed by atoms with Crippen LogP contribution in [0.25, 0.3) is 0 Å². The van der Waals surface area contributed by atoms with Gasteiger partial charge in [-0.25, -0.2) is 0 Å². The van der Waals surface area contributed by atoms with Crippen LogP contribution in [-0.2, 0) is 9.47 Å². The van der Waals surface area contributed by atoms with Crippen molar-refractivity contribution >= 4 is 5.69 Å². The summed E-state index contributed by atoms with van der Waals surface area (Å²) in [6.45, 7) is 6.34. The molecule has 0 atom stereocenters. The van der Waals surface area contributed by atoms with E-state index in [0.29, 0.717) is 13.2 Å². The third-order valence-electron chi connectivity index (χ3n) is 2.84. The van der Waals surface area contributed by atoms with Crippen LogP contribution in [0.15, 0.2) is 30.3 Å². The Bertz CT molecular complexity index is 290. The summed E-state index contributed by atoms with van der Waals surface area (Å²) in [5, 5.41) is 0. The number of benzene rings is 1. The predicted octanol–water partition coefficient (Wildman–Crippen LogP) is 2.96. The van der Waals surface area contributed by atoms with Gasteiger partial charge in [0.15, 0.2) is 0 Å². The molecule has 0 saturated carbocycles. The number of rotatable bonds is 10. The van der Waals surface area contributed by atoms with Gasteiger partial charge in [0.1, 0.15) is 0 Å². The zero-order valence-corrected chi connectivity index (χ0v) is 11.6. The molecule has 3 nitrogen and oxygen atoms in total. The molecule has 0 amide bonds. The zero-order valence-electron chi connectivity index (χ0n) is 11.6. The van der Waals surface area contributed by atoms with E-state index in [0.717, 1.165) is 19.7 Å². The van der Waals surface area contributed by atoms with Gasteiger partial charge in [0, 0.05) is 25.9 Å². The molecule has 18 heavy (non-hydrogen) atoms. The van der Waals surface area contributed by atoms with E-state index in [1.807, 2.05) is 0 Å². The lowest BCUT2D eigenvalue weighted by molar-refractivity contribution is 0.0740. The van der Waals surface area contributed by atoms with Crippen LogP contribution in [0, 0.1) is 0 Å². The molecule has 0 aliphatic carbocycles. The number of nitrogens with zero attached hydrogens (tertiary/aromatic N) is 1. The van der Waals surface area contributed by atoms with Gasteiger partial charge < -0.3 is 14.4 Å². The van der Waals surface area contributed by atoms with E-state index in [2.05, 4.69) is 42.2 Å². The van der Waals surface area contributed by atoms with Gasteiger partial charge in [0.25, 0.3) is 0 Å². The van der Waals surface area contributed by atoms with Gasteiger partial charge >= 0.3 is 0 Å². The minimum atomic E-state index is 0.667. The molecule has 1 rings (SSSR count). The molecule has 1 aromatic rings. The Morgan fingerprint density at radius 3 is 2.44 bits per heavy atom. The van der Waals surface area contributed by atoms with Crippen molar-refractivity contribution in [3.63, 3.8) is 0 Å². The van der Waals surface area contributed by atoms with E-state index in [1.54, 1.807) is 7.11 Å². The SMILES string of the molecule is CCCCN(CCOCCOC)c1ccccc1. The molecule has 3 heteroatoms. The molecule has 0 radical (unpaired) electrons. The standard InChI is InChI=1S/C15H25NO2/c1-3-4-10-16(11-12-18-14-13-17-2)15-8-6-5-7-9-15/h5-9H,3-4,10-14H2,1-2H3. The van der Waals surface area contributed by atoms with E-state index >= 15 is 0 Å². The molecule has 0 unspecified atom stereocenters. The summed E-state index contributed by atoms with van der Waals surface area (Å²) in [6, 6.07) is 10.5. The molecule has 0 bridgehead atoms. The van der Waals surface area contributed by atoms with Crippen molar-refractivity contribution in [3.05, 3.63) is 30.3 Å². The first-order chi connectivity index (χ1) is 8.88. The highest BCUT2D eigenvalue weighted by atomic mass is 16.5. The summed E-state index contributed by atoms with van der Waals surface area (Å²) in [5.41, 5.74) is 1.28. The lowest BCUT2D eigenvalue weighted by atomic mass is 10.2. The molecule has 0 spiro atoms. The van der Waals surface area contributed by atoms with Gasteiger partial charge in [-0.15, -0.1) is 0 Å². The minimum Gasteiger partial charge on any atom is -0.382 e. The topological polar surface area (TPSA) is 21.7 Å². The number of ether oxygens (including phenoxy) is 2. The zero-order chi connectivity index (χ0) is 13.1. The lowest BCUT2D eigenvalue weighted by Crippen LogP contribution is -2.28. The molecule has 1 aromatic carbocycles. The largest absolute Gasteiger partial charge is 0.382 e. The molecule has 0 fully saturated rings. The Morgan fingerprint density at radius 1 is 1.00 bits per heavy atom. The number of unbranched alkanes of at least 4 members (excludes halogenated alkanes) is 1. The number of hydrogen-bond acceptors (Lipinski definition) is 3. The average molecular weight is 251 g/mol. The van der Waals surface area contributed by atoms with Gasteiger partial charge in [0.2, 0.25) is 0 Å². The van der Waals surface area contributed by atoms with E-state index in [-0.39, 0.29) is 0 Å². The monoisotopic (exact) mass is 251 g/mol. The summed E-state index contributed by atoms with van der Waals surface area (Å²) in [7, 11) is 1.70. The second kappa shape index (κ2) is 9.92. The first-order valence-electron chi connectivity index (χ1n) is 6.75. The molecule has 0 heterocycles. The normalized spacial score (nSPS) is 10.6. The van der Waals surface area contributed by atoms with Crippen molar-refractivity contribution in [1.82, 2.24) is 0 Å². The molecule has 0 saturated heterocycles. The highest BCUT2D eigenvalue weighted by Crippen LogP contribution is 2.13. The number of hydrogen-bond donors (Lipinski definition) is 0. The van der Waals surface area contributed by atoms with Gasteiger partial charge in [-0.05, 0) is 18.6 Å². The van der Waals surface area contributed by atoms with Crippen molar-refractivity contribution in [2.75, 3.05) is 44.9 Å². The van der Waals surface area contributed by atoms with Gasteiger partial charge in [-0.2, -0.15) is 0 Å². The summed E-state index contributed by atoms with van der Waals surface area (Å²) >= 11 is 0. The van der Waals surface area contributed by atoms with Gasteiger partial charge in [-0.3, -0.25) is 0 Å². The van der Waals surface area contributed by atoms with E-state index in [9.17, 15) is 0 Å². The Hall–Kier alpha value is -1.06. The van der Waals surface area contributed by atoms with Crippen LogP contribution < -0.4 is 4.90 Å². The average Bonchev–Trinajstić information content (AvgIpc) is 2.43. The van der Waals surface area contributed by atoms with Gasteiger partial charge in [-0.1, -0.05) is 31.5 Å². The van der Waals surface area contributed by atoms with Crippen molar-refractivity contribution < 1.29 is 9.47 Å². The number of methoxy groups -OCH3 is 1. The second-order valence-electron chi connectivity index (χ2n) is 4.28. The van der Waals surface area contributed by atoms with Crippen LogP contribution in [0.2, 0.25) is 0 Å². The highest BCUT2D eigenvalue weighted by Gasteiger charge is 2.04. The Labute approximate surface area is 111 Å². The van der Waals surface area contributed by atoms with Crippen LogP contribution in [0.5, 0.6) is 0 Å². The fourth-order valence-electron chi connectivity index (χ4n) is 1.78. The van der Waals surface area contributed by atoms with Crippen LogP contribution in [0.4, 0.5) is 5.69 Å². The third-order valence-corrected chi connectivity index (χ3v) is 2.84. The summed E-state index contributed by atoms with van der Waals surface area (Å²) in [5.74, 6) is 0. The van der Waals surface area contributed by atoms with Crippen LogP contribution in [0.3, 0.4) is 0 Å². The van der Waals surface area contributed by atoms with Crippen LogP contribution >= 0.6 is 0 Å². The van der Waals surface area contributed by atoms with Gasteiger partial charge in [0.05, 0.1) is 19.8 Å². The Balaban J connectivity index is 2.36. The van der Waals surface area contributed by atoms with E-state index in [1.165, 1.54) is 18.5 Å². The van der Waals surface area contributed by atoms with E-state index < -0.39 is 0 Å². The summed E-state index contributed by atoms with van der Waals surface area (Å²) < 4.78 is 10.5. The van der Waals surface area contributed by atoms with Crippen molar-refractivity contribution in [2.24, 2.45) is 0 Å². The smallest absolute Gasteiger partial charge is 0.0701 e. The first kappa shape index (κ1) is 15.0. The number of para-hydroxylation sites is 1. The number of anilines is 1. The first-order valence-corrected chi connectivity index (χ1v) is 6.75. The van der Waals surface area contributed by atoms with Crippen LogP contribution in [-0.4, -0.2) is 40.0 Å². The van der Waals surface area contributed by atoms with Crippen molar-refractivity contribution in [3.8, 4) is 0 Å². The molecular weight excluding hydrogens is 226 g/mol. The summed E-state index contributed by atoms with van der Waals surface area (Å²) in [4.78, 5) is 2.39. The Morgan fingerprint density at radius 2 is 1.78 bits per heavy atom. The van der Waals surface area contributed by atoms with E-state index in [4.69, 9.17) is 9.47 Å². The molecular formula is C15H25NO2.